The van der Waals surface area contributed by atoms with E-state index in [2.05, 4.69) is 5.32 Å². The lowest BCUT2D eigenvalue weighted by atomic mass is 9.95. The first-order valence-corrected chi connectivity index (χ1v) is 6.16. The first-order valence-electron chi connectivity index (χ1n) is 5.24. The van der Waals surface area contributed by atoms with Crippen molar-refractivity contribution in [2.75, 3.05) is 11.2 Å². The number of halogens is 2. The Morgan fingerprint density at radius 2 is 2.00 bits per heavy atom. The van der Waals surface area contributed by atoms with Crippen molar-refractivity contribution >= 4 is 40.7 Å². The first-order chi connectivity index (χ1) is 8.27. The Kier molecular flexibility index (Phi) is 4.59. The molecule has 0 radical (unpaired) electrons. The number of carbonyl (C=O) groups is 2. The van der Waals surface area contributed by atoms with Crippen LogP contribution in [0.5, 0.6) is 0 Å². The lowest BCUT2D eigenvalue weighted by Gasteiger charge is -2.20. The largest absolute Gasteiger partial charge is 0.366 e. The molecule has 98 valence electrons. The van der Waals surface area contributed by atoms with Crippen LogP contribution < -0.4 is 11.1 Å². The Balaban J connectivity index is 2.96. The van der Waals surface area contributed by atoms with Crippen LogP contribution in [-0.4, -0.2) is 17.7 Å². The number of benzene rings is 1. The Labute approximate surface area is 115 Å². The van der Waals surface area contributed by atoms with Gasteiger partial charge in [0.05, 0.1) is 16.0 Å². The number of amides is 2. The molecule has 0 aliphatic carbocycles. The molecule has 0 unspecified atom stereocenters. The third-order valence-electron chi connectivity index (χ3n) is 2.44. The average Bonchev–Trinajstić information content (AvgIpc) is 2.31. The number of hydrogen-bond donors (Lipinski definition) is 2. The molecular weight excluding hydrogens is 275 g/mol. The molecule has 1 rings (SSSR count). The van der Waals surface area contributed by atoms with Crippen LogP contribution in [0.4, 0.5) is 5.69 Å². The molecule has 1 aromatic rings. The van der Waals surface area contributed by atoms with Crippen molar-refractivity contribution < 1.29 is 9.59 Å². The minimum absolute atomic E-state index is 0.165. The van der Waals surface area contributed by atoms with Crippen LogP contribution in [0.2, 0.25) is 5.02 Å². The lowest BCUT2D eigenvalue weighted by Crippen LogP contribution is -2.32. The zero-order valence-corrected chi connectivity index (χ0v) is 11.6. The molecule has 0 bridgehead atoms. The summed E-state index contributed by atoms with van der Waals surface area (Å²) in [4.78, 5) is 23.0. The standard InChI is InChI=1S/C12H14Cl2N2O2/c1-12(2,6-13)11(18)16-7-3-4-9(14)8(5-7)10(15)17/h3-5H,6H2,1-2H3,(H2,15,17)(H,16,18). The van der Waals surface area contributed by atoms with Gasteiger partial charge in [-0.25, -0.2) is 0 Å². The van der Waals surface area contributed by atoms with E-state index in [1.807, 2.05) is 0 Å². The summed E-state index contributed by atoms with van der Waals surface area (Å²) in [5.74, 6) is -0.697. The smallest absolute Gasteiger partial charge is 0.250 e. The molecule has 1 aromatic carbocycles. The van der Waals surface area contributed by atoms with Crippen LogP contribution >= 0.6 is 23.2 Å². The fraction of sp³-hybridized carbons (Fsp3) is 0.333. The minimum atomic E-state index is -0.700. The van der Waals surface area contributed by atoms with E-state index in [0.29, 0.717) is 5.69 Å². The van der Waals surface area contributed by atoms with E-state index < -0.39 is 11.3 Å². The second-order valence-electron chi connectivity index (χ2n) is 4.53. The summed E-state index contributed by atoms with van der Waals surface area (Å²) >= 11 is 11.5. The Morgan fingerprint density at radius 3 is 2.50 bits per heavy atom. The predicted molar refractivity (Wildman–Crippen MR) is 73.1 cm³/mol. The van der Waals surface area contributed by atoms with Crippen molar-refractivity contribution in [3.05, 3.63) is 28.8 Å². The second-order valence-corrected chi connectivity index (χ2v) is 5.20. The molecule has 0 atom stereocenters. The topological polar surface area (TPSA) is 72.2 Å². The van der Waals surface area contributed by atoms with E-state index in [-0.39, 0.29) is 22.4 Å². The van der Waals surface area contributed by atoms with Crippen molar-refractivity contribution in [1.29, 1.82) is 0 Å². The molecule has 0 aliphatic heterocycles. The summed E-state index contributed by atoms with van der Waals surface area (Å²) < 4.78 is 0. The van der Waals surface area contributed by atoms with Gasteiger partial charge in [0.25, 0.3) is 0 Å². The fourth-order valence-electron chi connectivity index (χ4n) is 1.15. The number of rotatable bonds is 4. The number of hydrogen-bond acceptors (Lipinski definition) is 2. The summed E-state index contributed by atoms with van der Waals surface area (Å²) in [6.45, 7) is 3.44. The van der Waals surface area contributed by atoms with E-state index in [1.165, 1.54) is 12.1 Å². The summed E-state index contributed by atoms with van der Waals surface area (Å²) in [6, 6.07) is 4.54. The summed E-state index contributed by atoms with van der Waals surface area (Å²) in [5, 5.41) is 2.91. The van der Waals surface area contributed by atoms with E-state index in [9.17, 15) is 9.59 Å². The highest BCUT2D eigenvalue weighted by Crippen LogP contribution is 2.23. The maximum absolute atomic E-state index is 11.9. The van der Waals surface area contributed by atoms with Crippen molar-refractivity contribution in [1.82, 2.24) is 0 Å². The van der Waals surface area contributed by atoms with Gasteiger partial charge in [-0.1, -0.05) is 11.6 Å². The highest BCUT2D eigenvalue weighted by Gasteiger charge is 2.26. The van der Waals surface area contributed by atoms with Crippen LogP contribution in [-0.2, 0) is 4.79 Å². The molecule has 0 aliphatic rings. The molecule has 0 saturated carbocycles. The normalized spacial score (nSPS) is 11.1. The summed E-state index contributed by atoms with van der Waals surface area (Å²) in [5.41, 5.74) is 5.09. The van der Waals surface area contributed by atoms with Gasteiger partial charge in [-0.3, -0.25) is 9.59 Å². The lowest BCUT2D eigenvalue weighted by molar-refractivity contribution is -0.122. The number of anilines is 1. The molecule has 4 nitrogen and oxygen atoms in total. The van der Waals surface area contributed by atoms with Gasteiger partial charge >= 0.3 is 0 Å². The molecule has 6 heteroatoms. The van der Waals surface area contributed by atoms with Gasteiger partial charge in [0.1, 0.15) is 0 Å². The Bertz CT molecular complexity index is 487. The summed E-state index contributed by atoms with van der Waals surface area (Å²) in [6.07, 6.45) is 0. The number of nitrogens with two attached hydrogens (primary N) is 1. The van der Waals surface area contributed by atoms with Gasteiger partial charge in [-0.2, -0.15) is 0 Å². The molecule has 0 heterocycles. The van der Waals surface area contributed by atoms with Crippen molar-refractivity contribution in [2.24, 2.45) is 11.1 Å². The minimum Gasteiger partial charge on any atom is -0.366 e. The maximum atomic E-state index is 11.9. The predicted octanol–water partition coefficient (Wildman–Crippen LogP) is 2.64. The maximum Gasteiger partial charge on any atom is 0.250 e. The third-order valence-corrected chi connectivity index (χ3v) is 3.44. The number of carbonyl (C=O) groups excluding carboxylic acids is 2. The Hall–Kier alpha value is -1.26. The zero-order valence-electron chi connectivity index (χ0n) is 10.1. The second kappa shape index (κ2) is 5.59. The van der Waals surface area contributed by atoms with Gasteiger partial charge < -0.3 is 11.1 Å². The highest BCUT2D eigenvalue weighted by atomic mass is 35.5. The van der Waals surface area contributed by atoms with Crippen molar-refractivity contribution in [2.45, 2.75) is 13.8 Å². The first kappa shape index (κ1) is 14.8. The zero-order chi connectivity index (χ0) is 13.9. The third kappa shape index (κ3) is 3.37. The molecule has 0 saturated heterocycles. The fourth-order valence-corrected chi connectivity index (χ4v) is 1.48. The molecule has 0 aromatic heterocycles. The van der Waals surface area contributed by atoms with Crippen LogP contribution in [0, 0.1) is 5.41 Å². The SMILES string of the molecule is CC(C)(CCl)C(=O)Nc1ccc(Cl)c(C(N)=O)c1. The van der Waals surface area contributed by atoms with Crippen LogP contribution in [0.25, 0.3) is 0 Å². The van der Waals surface area contributed by atoms with Gasteiger partial charge in [-0.05, 0) is 32.0 Å². The molecule has 2 amide bonds. The van der Waals surface area contributed by atoms with Crippen LogP contribution in [0.3, 0.4) is 0 Å². The summed E-state index contributed by atoms with van der Waals surface area (Å²) in [7, 11) is 0. The van der Waals surface area contributed by atoms with E-state index in [4.69, 9.17) is 28.9 Å². The number of primary amides is 1. The molecule has 18 heavy (non-hydrogen) atoms. The number of alkyl halides is 1. The van der Waals surface area contributed by atoms with Gasteiger partial charge in [0, 0.05) is 11.6 Å². The Morgan fingerprint density at radius 1 is 1.39 bits per heavy atom. The van der Waals surface area contributed by atoms with Crippen LogP contribution in [0.1, 0.15) is 24.2 Å². The van der Waals surface area contributed by atoms with E-state index >= 15 is 0 Å². The molecule has 0 fully saturated rings. The van der Waals surface area contributed by atoms with E-state index in [0.717, 1.165) is 0 Å². The van der Waals surface area contributed by atoms with Crippen LogP contribution in [0.15, 0.2) is 18.2 Å². The molecule has 3 N–H and O–H groups in total. The molecule has 0 spiro atoms. The average molecular weight is 289 g/mol. The monoisotopic (exact) mass is 288 g/mol. The number of nitrogens with one attached hydrogen (secondary N) is 1. The van der Waals surface area contributed by atoms with Crippen molar-refractivity contribution in [3.63, 3.8) is 0 Å². The highest BCUT2D eigenvalue weighted by molar-refractivity contribution is 6.34. The quantitative estimate of drug-likeness (QED) is 0.836. The van der Waals surface area contributed by atoms with Gasteiger partial charge in [-0.15, -0.1) is 11.6 Å². The van der Waals surface area contributed by atoms with E-state index in [1.54, 1.807) is 19.9 Å². The van der Waals surface area contributed by atoms with Crippen molar-refractivity contribution in [3.8, 4) is 0 Å². The van der Waals surface area contributed by atoms with Gasteiger partial charge in [0.2, 0.25) is 11.8 Å². The molecular formula is C12H14Cl2N2O2. The van der Waals surface area contributed by atoms with Gasteiger partial charge in [0.15, 0.2) is 0 Å².